The maximum absolute atomic E-state index is 13.8. The molecule has 2 bridgehead atoms. The second-order valence-corrected chi connectivity index (χ2v) is 12.7. The lowest BCUT2D eigenvalue weighted by molar-refractivity contribution is -0.200. The summed E-state index contributed by atoms with van der Waals surface area (Å²) in [6.07, 6.45) is 6.43. The Balaban J connectivity index is 1.14. The molecule has 200 valence electrons. The number of halogens is 1. The Morgan fingerprint density at radius 1 is 1.03 bits per heavy atom. The number of phenolic OH excluding ortho intramolecular Hbond substituents is 1. The zero-order chi connectivity index (χ0) is 25.8. The topological polar surface area (TPSA) is 73.2 Å². The number of likely N-dealkylation sites (tertiary alicyclic amines) is 2. The van der Waals surface area contributed by atoms with E-state index in [1.807, 2.05) is 11.0 Å². The van der Waals surface area contributed by atoms with Crippen LogP contribution in [0.5, 0.6) is 11.5 Å². The van der Waals surface area contributed by atoms with E-state index in [1.54, 1.807) is 18.2 Å². The van der Waals surface area contributed by atoms with Gasteiger partial charge >= 0.3 is 0 Å². The van der Waals surface area contributed by atoms with Gasteiger partial charge in [-0.2, -0.15) is 0 Å². The molecule has 4 fully saturated rings. The second-order valence-electron chi connectivity index (χ2n) is 12.7. The Bertz CT molecular complexity index is 1310. The summed E-state index contributed by atoms with van der Waals surface area (Å²) in [5.41, 5.74) is 1.60. The van der Waals surface area contributed by atoms with Gasteiger partial charge in [-0.05, 0) is 93.2 Å². The average molecular weight is 519 g/mol. The molecule has 2 saturated carbocycles. The van der Waals surface area contributed by atoms with E-state index < -0.39 is 11.0 Å². The van der Waals surface area contributed by atoms with Crippen LogP contribution in [0.1, 0.15) is 55.2 Å². The predicted octanol–water partition coefficient (Wildman–Crippen LogP) is 3.56. The first-order valence-electron chi connectivity index (χ1n) is 14.4. The van der Waals surface area contributed by atoms with Crippen molar-refractivity contribution >= 4 is 5.91 Å². The Labute approximate surface area is 222 Å². The lowest BCUT2D eigenvalue weighted by atomic mass is 9.48. The summed E-state index contributed by atoms with van der Waals surface area (Å²) in [6.45, 7) is 2.62. The van der Waals surface area contributed by atoms with E-state index in [0.29, 0.717) is 31.6 Å². The lowest BCUT2D eigenvalue weighted by Gasteiger charge is -2.64. The molecule has 6 aliphatic rings. The maximum Gasteiger partial charge on any atom is 0.226 e. The molecule has 1 spiro atoms. The first kappa shape index (κ1) is 23.3. The number of amides is 1. The largest absolute Gasteiger partial charge is 0.504 e. The van der Waals surface area contributed by atoms with Crippen molar-refractivity contribution in [2.45, 2.75) is 80.6 Å². The van der Waals surface area contributed by atoms with Gasteiger partial charge in [0, 0.05) is 30.6 Å². The van der Waals surface area contributed by atoms with Gasteiger partial charge in [0.25, 0.3) is 0 Å². The molecule has 2 aromatic carbocycles. The summed E-state index contributed by atoms with van der Waals surface area (Å²) in [6, 6.07) is 10.1. The molecule has 6 nitrogen and oxygen atoms in total. The molecule has 38 heavy (non-hydrogen) atoms. The van der Waals surface area contributed by atoms with Gasteiger partial charge in [0.15, 0.2) is 11.5 Å². The first-order valence-corrected chi connectivity index (χ1v) is 14.4. The van der Waals surface area contributed by atoms with Crippen LogP contribution in [0.3, 0.4) is 0 Å². The van der Waals surface area contributed by atoms with E-state index in [4.69, 9.17) is 4.74 Å². The molecule has 1 amide bonds. The third-order valence-electron chi connectivity index (χ3n) is 10.9. The van der Waals surface area contributed by atoms with Crippen LogP contribution >= 0.6 is 0 Å². The van der Waals surface area contributed by atoms with Crippen molar-refractivity contribution in [1.29, 1.82) is 0 Å². The van der Waals surface area contributed by atoms with E-state index in [2.05, 4.69) is 4.90 Å². The SMILES string of the molecule is O=C1C(Cc2ccc(F)cc2)CCN1C1CC[C@@]2(O)[C@H]3Cc4ccc(O)c5c4[C@@]2(CCN3CC2CC2)C1O5. The molecule has 3 aliphatic heterocycles. The number of ether oxygens (including phenoxy) is 1. The van der Waals surface area contributed by atoms with Gasteiger partial charge in [0.05, 0.1) is 17.1 Å². The van der Waals surface area contributed by atoms with Crippen molar-refractivity contribution in [3.8, 4) is 11.5 Å². The minimum Gasteiger partial charge on any atom is -0.504 e. The molecule has 0 radical (unpaired) electrons. The Kier molecular flexibility index (Phi) is 4.87. The van der Waals surface area contributed by atoms with Crippen molar-refractivity contribution in [3.63, 3.8) is 0 Å². The van der Waals surface area contributed by atoms with Crippen molar-refractivity contribution in [1.82, 2.24) is 9.80 Å². The van der Waals surface area contributed by atoms with Gasteiger partial charge in [-0.3, -0.25) is 9.69 Å². The standard InChI is InChI=1S/C31H35FN2O4/c32-22-6-3-18(4-7-22)15-21-10-13-34(29(21)36)23-9-11-31(37)25-16-20-5-8-24(35)27-26(20)30(31,28(23)38-27)12-14-33(25)17-19-1-2-19/h3-8,19,21,23,25,28,35,37H,1-2,9-17H2/t21?,23?,25-,28?,30+,31-/m1/s1. The lowest BCUT2D eigenvalue weighted by Crippen LogP contribution is -2.78. The van der Waals surface area contributed by atoms with E-state index in [-0.39, 0.29) is 41.6 Å². The van der Waals surface area contributed by atoms with Crippen LogP contribution in [-0.4, -0.2) is 69.3 Å². The van der Waals surface area contributed by atoms with Gasteiger partial charge in [-0.25, -0.2) is 4.39 Å². The highest BCUT2D eigenvalue weighted by molar-refractivity contribution is 5.82. The van der Waals surface area contributed by atoms with Gasteiger partial charge < -0.3 is 19.8 Å². The number of aromatic hydroxyl groups is 1. The fraction of sp³-hybridized carbons (Fsp3) is 0.581. The molecule has 2 aromatic rings. The predicted molar refractivity (Wildman–Crippen MR) is 139 cm³/mol. The third-order valence-corrected chi connectivity index (χ3v) is 10.9. The molecule has 3 aliphatic carbocycles. The summed E-state index contributed by atoms with van der Waals surface area (Å²) in [5.74, 6) is 1.14. The molecular weight excluding hydrogens is 483 g/mol. The molecular formula is C31H35FN2O4. The number of rotatable bonds is 5. The molecule has 3 heterocycles. The summed E-state index contributed by atoms with van der Waals surface area (Å²) >= 11 is 0. The fourth-order valence-electron chi connectivity index (χ4n) is 8.96. The number of carbonyl (C=O) groups is 1. The van der Waals surface area contributed by atoms with E-state index >= 15 is 0 Å². The molecule has 2 saturated heterocycles. The van der Waals surface area contributed by atoms with Crippen molar-refractivity contribution in [3.05, 3.63) is 58.9 Å². The molecule has 0 aromatic heterocycles. The zero-order valence-corrected chi connectivity index (χ0v) is 21.6. The van der Waals surface area contributed by atoms with Crippen LogP contribution in [0, 0.1) is 17.7 Å². The molecule has 7 heteroatoms. The van der Waals surface area contributed by atoms with E-state index in [1.165, 1.54) is 30.5 Å². The Morgan fingerprint density at radius 2 is 1.84 bits per heavy atom. The quantitative estimate of drug-likeness (QED) is 0.634. The van der Waals surface area contributed by atoms with Gasteiger partial charge in [-0.1, -0.05) is 18.2 Å². The monoisotopic (exact) mass is 518 g/mol. The van der Waals surface area contributed by atoms with Crippen LogP contribution in [-0.2, 0) is 23.1 Å². The fourth-order valence-corrected chi connectivity index (χ4v) is 8.96. The van der Waals surface area contributed by atoms with E-state index in [9.17, 15) is 19.4 Å². The number of phenols is 1. The second kappa shape index (κ2) is 7.95. The van der Waals surface area contributed by atoms with Gasteiger partial charge in [-0.15, -0.1) is 0 Å². The van der Waals surface area contributed by atoms with Crippen molar-refractivity contribution in [2.75, 3.05) is 19.6 Å². The molecule has 8 rings (SSSR count). The Morgan fingerprint density at radius 3 is 2.63 bits per heavy atom. The number of aliphatic hydroxyl groups is 1. The number of nitrogens with zero attached hydrogens (tertiary/aromatic N) is 2. The third kappa shape index (κ3) is 3.03. The minimum absolute atomic E-state index is 0.0346. The minimum atomic E-state index is -0.941. The van der Waals surface area contributed by atoms with Gasteiger partial charge in [0.1, 0.15) is 11.9 Å². The van der Waals surface area contributed by atoms with Crippen molar-refractivity contribution in [2.24, 2.45) is 11.8 Å². The summed E-state index contributed by atoms with van der Waals surface area (Å²) in [4.78, 5) is 18.3. The van der Waals surface area contributed by atoms with Crippen LogP contribution < -0.4 is 4.74 Å². The smallest absolute Gasteiger partial charge is 0.226 e. The summed E-state index contributed by atoms with van der Waals surface area (Å²) in [7, 11) is 0. The zero-order valence-electron chi connectivity index (χ0n) is 21.6. The van der Waals surface area contributed by atoms with E-state index in [0.717, 1.165) is 49.4 Å². The van der Waals surface area contributed by atoms with Crippen LogP contribution in [0.25, 0.3) is 0 Å². The summed E-state index contributed by atoms with van der Waals surface area (Å²) < 4.78 is 20.1. The highest BCUT2D eigenvalue weighted by Crippen LogP contribution is 2.66. The Hall–Kier alpha value is -2.64. The number of carbonyl (C=O) groups excluding carboxylic acids is 1. The number of benzene rings is 2. The average Bonchev–Trinajstić information content (AvgIpc) is 3.55. The normalized spacial score (nSPS) is 37.3. The number of hydrogen-bond donors (Lipinski definition) is 2. The highest BCUT2D eigenvalue weighted by Gasteiger charge is 2.73. The molecule has 6 atom stereocenters. The maximum atomic E-state index is 13.8. The van der Waals surface area contributed by atoms with Crippen LogP contribution in [0.4, 0.5) is 4.39 Å². The number of hydrogen-bond acceptors (Lipinski definition) is 5. The van der Waals surface area contributed by atoms with Crippen LogP contribution in [0.15, 0.2) is 36.4 Å². The van der Waals surface area contributed by atoms with Crippen LogP contribution in [0.2, 0.25) is 0 Å². The highest BCUT2D eigenvalue weighted by atomic mass is 19.1. The molecule has 3 unspecified atom stereocenters. The van der Waals surface area contributed by atoms with Crippen molar-refractivity contribution < 1.29 is 24.1 Å². The summed E-state index contributed by atoms with van der Waals surface area (Å²) in [5, 5.41) is 23.5. The van der Waals surface area contributed by atoms with Gasteiger partial charge in [0.2, 0.25) is 5.91 Å². The molecule has 2 N–H and O–H groups in total. The number of piperidine rings is 1. The first-order chi connectivity index (χ1) is 18.4.